The Morgan fingerprint density at radius 2 is 1.04 bits per heavy atom. The van der Waals surface area contributed by atoms with Crippen molar-refractivity contribution in [2.45, 2.75) is 78.6 Å². The van der Waals surface area contributed by atoms with Gasteiger partial charge in [0.05, 0.1) is 0 Å². The van der Waals surface area contributed by atoms with Gasteiger partial charge in [0.15, 0.2) is 0 Å². The lowest BCUT2D eigenvalue weighted by molar-refractivity contribution is 0.624. The number of fused-ring (bicyclic) bond motifs is 4. The van der Waals surface area contributed by atoms with Crippen LogP contribution in [0.25, 0.3) is 22.3 Å². The molecule has 2 unspecified atom stereocenters. The molecule has 0 saturated heterocycles. The molecule has 2 heterocycles. The maximum atomic E-state index is 2.61. The first-order valence-corrected chi connectivity index (χ1v) is 20.4. The van der Waals surface area contributed by atoms with E-state index < -0.39 is 0 Å². The van der Waals surface area contributed by atoms with Gasteiger partial charge >= 0.3 is 0 Å². The van der Waals surface area contributed by atoms with Crippen molar-refractivity contribution in [1.82, 2.24) is 0 Å². The van der Waals surface area contributed by atoms with Gasteiger partial charge < -0.3 is 0 Å². The predicted molar refractivity (Wildman–Crippen MR) is 236 cm³/mol. The van der Waals surface area contributed by atoms with Crippen molar-refractivity contribution in [3.8, 4) is 22.3 Å². The molecule has 7 aromatic rings. The van der Waals surface area contributed by atoms with E-state index in [9.17, 15) is 0 Å². The summed E-state index contributed by atoms with van der Waals surface area (Å²) in [6, 6.07) is 56.7. The lowest BCUT2D eigenvalue weighted by Gasteiger charge is -2.32. The highest BCUT2D eigenvalue weighted by Gasteiger charge is 2.38. The molecule has 55 heavy (non-hydrogen) atoms. The summed E-state index contributed by atoms with van der Waals surface area (Å²) < 4.78 is 0. The molecule has 270 valence electrons. The van der Waals surface area contributed by atoms with Gasteiger partial charge in [0, 0.05) is 0 Å². The fourth-order valence-corrected chi connectivity index (χ4v) is 9.77. The van der Waals surface area contributed by atoms with Crippen molar-refractivity contribution < 1.29 is 0 Å². The quantitative estimate of drug-likeness (QED) is 0.151. The Hall–Kier alpha value is -5.40. The van der Waals surface area contributed by atoms with Crippen LogP contribution in [0, 0.1) is 34.6 Å². The smallest absolute Gasteiger partial charge is 0.0652 e. The minimum atomic E-state index is 0.194. The summed E-state index contributed by atoms with van der Waals surface area (Å²) in [5.41, 5.74) is 25.5. The minimum Gasteiger partial charge on any atom is -0.0652 e. The molecule has 2 aliphatic rings. The lowest BCUT2D eigenvalue weighted by atomic mass is 9.33. The SMILES string of the molecule is Cc1ccc(CCC2Cc3ccc(C)cc3B3c4cc(C)ccc4CC(c4ccc(C)cc4-c4ccc(C)cc4)Cc4cc(-c5ccccc5)cc2c43)cc1. The third-order valence-electron chi connectivity index (χ3n) is 12.7. The number of hydrogen-bond acceptors (Lipinski definition) is 0. The zero-order valence-electron chi connectivity index (χ0n) is 33.1. The minimum absolute atomic E-state index is 0.194. The molecule has 0 spiro atoms. The summed E-state index contributed by atoms with van der Waals surface area (Å²) in [6.45, 7) is 11.4. The van der Waals surface area contributed by atoms with Crippen molar-refractivity contribution in [3.05, 3.63) is 207 Å². The molecule has 0 nitrogen and oxygen atoms in total. The zero-order valence-corrected chi connectivity index (χ0v) is 33.1. The summed E-state index contributed by atoms with van der Waals surface area (Å²) >= 11 is 0. The van der Waals surface area contributed by atoms with Crippen LogP contribution in [0.5, 0.6) is 0 Å². The normalized spacial score (nSPS) is 16.0. The van der Waals surface area contributed by atoms with Crippen LogP contribution in [-0.4, -0.2) is 6.71 Å². The van der Waals surface area contributed by atoms with Crippen LogP contribution in [0.1, 0.15) is 79.5 Å². The van der Waals surface area contributed by atoms with E-state index in [-0.39, 0.29) is 6.71 Å². The van der Waals surface area contributed by atoms with Gasteiger partial charge in [0.25, 0.3) is 0 Å². The molecular formula is C54H51B. The van der Waals surface area contributed by atoms with Crippen molar-refractivity contribution in [1.29, 1.82) is 0 Å². The molecule has 1 heteroatoms. The molecule has 2 atom stereocenters. The van der Waals surface area contributed by atoms with Crippen LogP contribution in [-0.2, 0) is 25.7 Å². The highest BCUT2D eigenvalue weighted by molar-refractivity contribution is 6.96. The Labute approximate surface area is 329 Å². The third-order valence-corrected chi connectivity index (χ3v) is 12.7. The Balaban J connectivity index is 1.31. The van der Waals surface area contributed by atoms with E-state index in [2.05, 4.69) is 180 Å². The molecule has 0 aromatic heterocycles. The number of rotatable bonds is 6. The molecule has 0 fully saturated rings. The fourth-order valence-electron chi connectivity index (χ4n) is 9.77. The van der Waals surface area contributed by atoms with Gasteiger partial charge in [-0.2, -0.15) is 0 Å². The van der Waals surface area contributed by atoms with Crippen molar-refractivity contribution in [2.75, 3.05) is 0 Å². The second-order valence-electron chi connectivity index (χ2n) is 16.8. The third kappa shape index (κ3) is 7.02. The summed E-state index contributed by atoms with van der Waals surface area (Å²) in [5.74, 6) is 0.722. The maximum Gasteiger partial charge on any atom is 0.242 e. The molecule has 7 aromatic carbocycles. The van der Waals surface area contributed by atoms with E-state index in [4.69, 9.17) is 0 Å². The molecule has 0 aliphatic carbocycles. The van der Waals surface area contributed by atoms with E-state index in [1.54, 1.807) is 11.0 Å². The van der Waals surface area contributed by atoms with E-state index in [0.29, 0.717) is 11.8 Å². The fraction of sp³-hybridized carbons (Fsp3) is 0.222. The van der Waals surface area contributed by atoms with E-state index in [1.165, 1.54) is 88.8 Å². The van der Waals surface area contributed by atoms with Crippen LogP contribution < -0.4 is 16.4 Å². The topological polar surface area (TPSA) is 0 Å². The van der Waals surface area contributed by atoms with Crippen LogP contribution in [0.2, 0.25) is 0 Å². The maximum absolute atomic E-state index is 2.61. The van der Waals surface area contributed by atoms with Gasteiger partial charge in [-0.05, 0) is 118 Å². The number of aryl methyl sites for hydroxylation is 6. The standard InChI is InChI=1S/C54H51B/c1-35-11-18-40(19-12-35)20-25-43-30-44-23-15-38(4)28-52(44)55-53-29-39(5)16-24-45(53)31-47(49-26-17-37(3)27-50(49)42-21-13-36(2)14-22-42)33-48-32-46(34-51(43)54(48)55)41-9-7-6-8-10-41/h6-19,21-24,26-29,32,34,43,47H,20,25,30-31,33H2,1-5H3. The predicted octanol–water partition coefficient (Wildman–Crippen LogP) is 11.2. The van der Waals surface area contributed by atoms with Crippen LogP contribution in [0.4, 0.5) is 0 Å². The van der Waals surface area contributed by atoms with Crippen molar-refractivity contribution >= 4 is 23.1 Å². The highest BCUT2D eigenvalue weighted by Crippen LogP contribution is 2.39. The molecule has 0 N–H and O–H groups in total. The zero-order chi connectivity index (χ0) is 37.6. The van der Waals surface area contributed by atoms with Gasteiger partial charge in [-0.1, -0.05) is 206 Å². The first kappa shape index (κ1) is 35.3. The van der Waals surface area contributed by atoms with Crippen molar-refractivity contribution in [2.24, 2.45) is 0 Å². The molecule has 0 saturated carbocycles. The van der Waals surface area contributed by atoms with Crippen LogP contribution in [0.3, 0.4) is 0 Å². The Morgan fingerprint density at radius 3 is 1.73 bits per heavy atom. The van der Waals surface area contributed by atoms with E-state index >= 15 is 0 Å². The average Bonchev–Trinajstić information content (AvgIpc) is 3.32. The number of benzene rings is 7. The largest absolute Gasteiger partial charge is 0.242 e. The van der Waals surface area contributed by atoms with E-state index in [1.807, 2.05) is 0 Å². The Kier molecular flexibility index (Phi) is 9.43. The molecule has 9 rings (SSSR count). The van der Waals surface area contributed by atoms with Gasteiger partial charge in [0.2, 0.25) is 6.71 Å². The first-order chi connectivity index (χ1) is 26.8. The van der Waals surface area contributed by atoms with Gasteiger partial charge in [-0.3, -0.25) is 0 Å². The lowest BCUT2D eigenvalue weighted by Crippen LogP contribution is -2.57. The molecule has 0 amide bonds. The second-order valence-corrected chi connectivity index (χ2v) is 16.8. The van der Waals surface area contributed by atoms with Crippen LogP contribution >= 0.6 is 0 Å². The van der Waals surface area contributed by atoms with Gasteiger partial charge in [-0.15, -0.1) is 0 Å². The van der Waals surface area contributed by atoms with Crippen molar-refractivity contribution in [3.63, 3.8) is 0 Å². The summed E-state index contributed by atoms with van der Waals surface area (Å²) in [5, 5.41) is 0. The monoisotopic (exact) mass is 710 g/mol. The molecule has 0 bridgehead atoms. The summed E-state index contributed by atoms with van der Waals surface area (Å²) in [4.78, 5) is 0. The average molecular weight is 711 g/mol. The van der Waals surface area contributed by atoms with E-state index in [0.717, 1.165) is 32.1 Å². The first-order valence-electron chi connectivity index (χ1n) is 20.4. The second kappa shape index (κ2) is 14.7. The Bertz CT molecular complexity index is 2500. The highest BCUT2D eigenvalue weighted by atomic mass is 14.3. The number of hydrogen-bond donors (Lipinski definition) is 0. The molecular weight excluding hydrogens is 659 g/mol. The van der Waals surface area contributed by atoms with Gasteiger partial charge in [-0.25, -0.2) is 0 Å². The Morgan fingerprint density at radius 1 is 0.455 bits per heavy atom. The summed E-state index contributed by atoms with van der Waals surface area (Å²) in [6.07, 6.45) is 5.26. The molecule has 0 radical (unpaired) electrons. The summed E-state index contributed by atoms with van der Waals surface area (Å²) in [7, 11) is 0. The molecule has 2 aliphatic heterocycles. The van der Waals surface area contributed by atoms with Crippen LogP contribution in [0.15, 0.2) is 146 Å². The van der Waals surface area contributed by atoms with Gasteiger partial charge in [0.1, 0.15) is 0 Å².